The Morgan fingerprint density at radius 3 is 2.57 bits per heavy atom. The zero-order valence-corrected chi connectivity index (χ0v) is 17.0. The number of carbonyl (C=O) groups is 2. The number of aromatic nitrogens is 3. The average molecular weight is 408 g/mol. The van der Waals surface area contributed by atoms with Gasteiger partial charge in [-0.15, -0.1) is 5.10 Å². The molecule has 1 heterocycles. The minimum Gasteiger partial charge on any atom is -0.487 e. The molecule has 0 radical (unpaired) electrons. The van der Waals surface area contributed by atoms with Crippen molar-refractivity contribution >= 4 is 11.9 Å². The van der Waals surface area contributed by atoms with E-state index in [-0.39, 0.29) is 18.2 Å². The van der Waals surface area contributed by atoms with Crippen molar-refractivity contribution in [3.8, 4) is 11.4 Å². The molecule has 30 heavy (non-hydrogen) atoms. The zero-order chi connectivity index (χ0) is 21.5. The molecule has 0 saturated carbocycles. The SMILES string of the molecule is CCCc1c(C(=O)O)nnn1-c1ccc(C(=O)NCC)cc1OCc1ccccc1. The topological polar surface area (TPSA) is 106 Å². The molecule has 8 nitrogen and oxygen atoms in total. The normalized spacial score (nSPS) is 10.6. The molecular formula is C22H24N4O4. The maximum Gasteiger partial charge on any atom is 0.358 e. The standard InChI is InChI=1S/C22H24N4O4/c1-3-8-18-20(22(28)29)24-25-26(18)17-12-11-16(21(27)23-4-2)13-19(17)30-14-15-9-6-5-7-10-15/h5-7,9-13H,3-4,8,14H2,1-2H3,(H,23,27)(H,28,29). The molecule has 2 N–H and O–H groups in total. The fourth-order valence-electron chi connectivity index (χ4n) is 3.07. The molecule has 0 saturated heterocycles. The minimum atomic E-state index is -1.13. The third-order valence-electron chi connectivity index (χ3n) is 4.48. The van der Waals surface area contributed by atoms with Gasteiger partial charge in [0.2, 0.25) is 0 Å². The quantitative estimate of drug-likeness (QED) is 0.563. The Morgan fingerprint density at radius 2 is 1.90 bits per heavy atom. The van der Waals surface area contributed by atoms with E-state index in [0.717, 1.165) is 12.0 Å². The van der Waals surface area contributed by atoms with Crippen molar-refractivity contribution in [1.29, 1.82) is 0 Å². The van der Waals surface area contributed by atoms with Gasteiger partial charge >= 0.3 is 5.97 Å². The second-order valence-corrected chi connectivity index (χ2v) is 6.67. The molecule has 2 aromatic carbocycles. The first-order valence-corrected chi connectivity index (χ1v) is 9.82. The van der Waals surface area contributed by atoms with Crippen molar-refractivity contribution in [3.05, 3.63) is 71.0 Å². The molecule has 0 bridgehead atoms. The number of nitrogens with one attached hydrogen (secondary N) is 1. The Labute approximate surface area is 174 Å². The van der Waals surface area contributed by atoms with Crippen LogP contribution in [0.4, 0.5) is 0 Å². The van der Waals surface area contributed by atoms with E-state index >= 15 is 0 Å². The number of aromatic carboxylic acids is 1. The van der Waals surface area contributed by atoms with Crippen molar-refractivity contribution in [2.24, 2.45) is 0 Å². The summed E-state index contributed by atoms with van der Waals surface area (Å²) in [6.07, 6.45) is 1.22. The van der Waals surface area contributed by atoms with E-state index in [2.05, 4.69) is 15.6 Å². The summed E-state index contributed by atoms with van der Waals surface area (Å²) in [7, 11) is 0. The van der Waals surface area contributed by atoms with Crippen LogP contribution in [0.25, 0.3) is 5.69 Å². The molecule has 3 aromatic rings. The summed E-state index contributed by atoms with van der Waals surface area (Å²) in [6.45, 7) is 4.59. The number of amides is 1. The van der Waals surface area contributed by atoms with E-state index in [4.69, 9.17) is 4.74 Å². The van der Waals surface area contributed by atoms with Gasteiger partial charge in [0.15, 0.2) is 5.69 Å². The van der Waals surface area contributed by atoms with E-state index in [1.54, 1.807) is 18.2 Å². The van der Waals surface area contributed by atoms with Crippen molar-refractivity contribution in [2.75, 3.05) is 6.54 Å². The van der Waals surface area contributed by atoms with Crippen LogP contribution in [-0.4, -0.2) is 38.5 Å². The minimum absolute atomic E-state index is 0.0846. The highest BCUT2D eigenvalue weighted by molar-refractivity contribution is 5.95. The van der Waals surface area contributed by atoms with Crippen LogP contribution in [0, 0.1) is 0 Å². The first kappa shape index (κ1) is 21.0. The van der Waals surface area contributed by atoms with Crippen LogP contribution in [0.5, 0.6) is 5.75 Å². The molecule has 0 atom stereocenters. The summed E-state index contributed by atoms with van der Waals surface area (Å²) >= 11 is 0. The molecule has 156 valence electrons. The lowest BCUT2D eigenvalue weighted by molar-refractivity contribution is 0.0688. The Kier molecular flexibility index (Phi) is 6.79. The van der Waals surface area contributed by atoms with E-state index in [0.29, 0.717) is 35.7 Å². The van der Waals surface area contributed by atoms with Gasteiger partial charge in [-0.3, -0.25) is 4.79 Å². The van der Waals surface area contributed by atoms with Crippen LogP contribution in [0.1, 0.15) is 52.4 Å². The lowest BCUT2D eigenvalue weighted by Crippen LogP contribution is -2.22. The predicted molar refractivity (Wildman–Crippen MR) is 111 cm³/mol. The fraction of sp³-hybridized carbons (Fsp3) is 0.273. The summed E-state index contributed by atoms with van der Waals surface area (Å²) in [6, 6.07) is 14.6. The summed E-state index contributed by atoms with van der Waals surface area (Å²) < 4.78 is 7.51. The van der Waals surface area contributed by atoms with Gasteiger partial charge in [-0.1, -0.05) is 48.9 Å². The Bertz CT molecular complexity index is 1030. The van der Waals surface area contributed by atoms with Crippen molar-refractivity contribution in [3.63, 3.8) is 0 Å². The summed E-state index contributed by atoms with van der Waals surface area (Å²) in [5.41, 5.74) is 2.34. The molecule has 0 aliphatic carbocycles. The first-order valence-electron chi connectivity index (χ1n) is 9.82. The molecule has 0 unspecified atom stereocenters. The highest BCUT2D eigenvalue weighted by Gasteiger charge is 2.22. The van der Waals surface area contributed by atoms with Gasteiger partial charge in [0.05, 0.1) is 5.69 Å². The Balaban J connectivity index is 2.04. The number of rotatable bonds is 9. The lowest BCUT2D eigenvalue weighted by Gasteiger charge is -2.15. The highest BCUT2D eigenvalue weighted by atomic mass is 16.5. The molecule has 0 aliphatic rings. The smallest absolute Gasteiger partial charge is 0.358 e. The summed E-state index contributed by atoms with van der Waals surface area (Å²) in [5.74, 6) is -0.926. The van der Waals surface area contributed by atoms with E-state index in [9.17, 15) is 14.7 Å². The third kappa shape index (κ3) is 4.65. The Hall–Kier alpha value is -3.68. The van der Waals surface area contributed by atoms with E-state index in [1.807, 2.05) is 44.2 Å². The predicted octanol–water partition coefficient (Wildman–Crippen LogP) is 3.25. The lowest BCUT2D eigenvalue weighted by atomic mass is 10.1. The zero-order valence-electron chi connectivity index (χ0n) is 17.0. The molecule has 8 heteroatoms. The maximum atomic E-state index is 12.3. The number of carboxylic acids is 1. The van der Waals surface area contributed by atoms with Crippen molar-refractivity contribution in [2.45, 2.75) is 33.3 Å². The van der Waals surface area contributed by atoms with Crippen LogP contribution >= 0.6 is 0 Å². The molecule has 0 aliphatic heterocycles. The molecule has 0 spiro atoms. The monoisotopic (exact) mass is 408 g/mol. The summed E-state index contributed by atoms with van der Waals surface area (Å²) in [5, 5.41) is 20.1. The van der Waals surface area contributed by atoms with Gasteiger partial charge in [-0.25, -0.2) is 9.48 Å². The van der Waals surface area contributed by atoms with Crippen LogP contribution in [-0.2, 0) is 13.0 Å². The van der Waals surface area contributed by atoms with Crippen molar-refractivity contribution < 1.29 is 19.4 Å². The number of nitrogens with zero attached hydrogens (tertiary/aromatic N) is 3. The average Bonchev–Trinajstić information content (AvgIpc) is 3.17. The van der Waals surface area contributed by atoms with Crippen LogP contribution in [0.15, 0.2) is 48.5 Å². The molecule has 1 amide bonds. The molecule has 0 fully saturated rings. The number of carbonyl (C=O) groups excluding carboxylic acids is 1. The molecule has 3 rings (SSSR count). The largest absolute Gasteiger partial charge is 0.487 e. The third-order valence-corrected chi connectivity index (χ3v) is 4.48. The van der Waals surface area contributed by atoms with Gasteiger partial charge < -0.3 is 15.2 Å². The Morgan fingerprint density at radius 1 is 1.13 bits per heavy atom. The second kappa shape index (κ2) is 9.69. The summed E-state index contributed by atoms with van der Waals surface area (Å²) in [4.78, 5) is 23.9. The maximum absolute atomic E-state index is 12.3. The van der Waals surface area contributed by atoms with Gasteiger partial charge in [-0.2, -0.15) is 0 Å². The van der Waals surface area contributed by atoms with Crippen LogP contribution in [0.2, 0.25) is 0 Å². The van der Waals surface area contributed by atoms with Crippen molar-refractivity contribution in [1.82, 2.24) is 20.3 Å². The van der Waals surface area contributed by atoms with Gasteiger partial charge in [-0.05, 0) is 37.1 Å². The number of carboxylic acid groups (broad SMARTS) is 1. The number of hydrogen-bond donors (Lipinski definition) is 2. The van der Waals surface area contributed by atoms with Crippen LogP contribution in [0.3, 0.4) is 0 Å². The van der Waals surface area contributed by atoms with Crippen LogP contribution < -0.4 is 10.1 Å². The van der Waals surface area contributed by atoms with Gasteiger partial charge in [0.1, 0.15) is 18.0 Å². The van der Waals surface area contributed by atoms with Gasteiger partial charge in [0.25, 0.3) is 5.91 Å². The fourth-order valence-corrected chi connectivity index (χ4v) is 3.07. The number of hydrogen-bond acceptors (Lipinski definition) is 5. The van der Waals surface area contributed by atoms with E-state index in [1.165, 1.54) is 4.68 Å². The van der Waals surface area contributed by atoms with Gasteiger partial charge in [0, 0.05) is 12.1 Å². The molecular weight excluding hydrogens is 384 g/mol. The molecule has 1 aromatic heterocycles. The van der Waals surface area contributed by atoms with E-state index < -0.39 is 5.97 Å². The highest BCUT2D eigenvalue weighted by Crippen LogP contribution is 2.27. The number of benzene rings is 2. The number of ether oxygens (including phenoxy) is 1. The second-order valence-electron chi connectivity index (χ2n) is 6.67. The first-order chi connectivity index (χ1) is 14.5.